The molecule has 2 atom stereocenters. The van der Waals surface area contributed by atoms with E-state index in [1.165, 1.54) is 0 Å². The molecule has 0 radical (unpaired) electrons. The molecule has 2 saturated heterocycles. The third kappa shape index (κ3) is 4.16. The predicted molar refractivity (Wildman–Crippen MR) is 136 cm³/mol. The van der Waals surface area contributed by atoms with Crippen molar-refractivity contribution >= 4 is 23.4 Å². The molecule has 2 aromatic rings. The number of carbonyl (C=O) groups is 3. The topological polar surface area (TPSA) is 91.4 Å². The number of carbonyl (C=O) groups excluding carboxylic acids is 3. The zero-order valence-electron chi connectivity index (χ0n) is 20.9. The van der Waals surface area contributed by atoms with Gasteiger partial charge in [0.25, 0.3) is 0 Å². The van der Waals surface area contributed by atoms with E-state index < -0.39 is 11.5 Å². The minimum Gasteiger partial charge on any atom is -0.494 e. The van der Waals surface area contributed by atoms with Gasteiger partial charge in [0.1, 0.15) is 17.7 Å². The van der Waals surface area contributed by atoms with E-state index in [0.717, 1.165) is 16.8 Å². The molecule has 3 amide bonds. The maximum Gasteiger partial charge on any atom is 0.240 e. The Morgan fingerprint density at radius 3 is 2.73 bits per heavy atom. The van der Waals surface area contributed by atoms with Crippen molar-refractivity contribution < 1.29 is 23.9 Å². The number of para-hydroxylation sites is 1. The lowest BCUT2D eigenvalue weighted by molar-refractivity contribution is -0.136. The number of anilines is 1. The Kier molecular flexibility index (Phi) is 6.34. The third-order valence-electron chi connectivity index (χ3n) is 8.00. The van der Waals surface area contributed by atoms with Crippen LogP contribution in [0.15, 0.2) is 48.5 Å². The van der Waals surface area contributed by atoms with Crippen LogP contribution in [-0.4, -0.2) is 86.6 Å². The summed E-state index contributed by atoms with van der Waals surface area (Å²) in [6, 6.07) is 15.0. The van der Waals surface area contributed by atoms with E-state index in [9.17, 15) is 14.4 Å². The lowest BCUT2D eigenvalue weighted by atomic mass is 9.72. The van der Waals surface area contributed by atoms with Crippen LogP contribution in [0.4, 0.5) is 5.69 Å². The normalized spacial score (nSPS) is 26.1. The molecule has 0 aromatic heterocycles. The fourth-order valence-corrected chi connectivity index (χ4v) is 6.28. The van der Waals surface area contributed by atoms with Crippen molar-refractivity contribution in [1.82, 2.24) is 15.1 Å². The average Bonchev–Trinajstić information content (AvgIpc) is 3.42. The number of morpholine rings is 1. The van der Waals surface area contributed by atoms with Crippen molar-refractivity contribution in [2.75, 3.05) is 64.0 Å². The van der Waals surface area contributed by atoms with Gasteiger partial charge in [0.05, 0.1) is 32.4 Å². The monoisotopic (exact) mass is 504 g/mol. The van der Waals surface area contributed by atoms with Gasteiger partial charge in [-0.1, -0.05) is 30.3 Å². The van der Waals surface area contributed by atoms with Crippen molar-refractivity contribution in [1.29, 1.82) is 0 Å². The zero-order chi connectivity index (χ0) is 25.4. The molecule has 0 unspecified atom stereocenters. The number of likely N-dealkylation sites (tertiary alicyclic amines) is 1. The lowest BCUT2D eigenvalue weighted by Gasteiger charge is -2.36. The van der Waals surface area contributed by atoms with Crippen molar-refractivity contribution in [3.8, 4) is 5.75 Å². The maximum absolute atomic E-state index is 14.4. The summed E-state index contributed by atoms with van der Waals surface area (Å²) in [6.45, 7) is 4.28. The maximum atomic E-state index is 14.4. The van der Waals surface area contributed by atoms with E-state index in [1.807, 2.05) is 53.4 Å². The van der Waals surface area contributed by atoms with Crippen LogP contribution in [0.2, 0.25) is 0 Å². The van der Waals surface area contributed by atoms with Gasteiger partial charge in [-0.05, 0) is 42.2 Å². The smallest absolute Gasteiger partial charge is 0.240 e. The molecule has 0 saturated carbocycles. The third-order valence-corrected chi connectivity index (χ3v) is 8.00. The van der Waals surface area contributed by atoms with Crippen LogP contribution in [0.25, 0.3) is 0 Å². The molecule has 1 spiro atoms. The first-order valence-corrected chi connectivity index (χ1v) is 13.1. The summed E-state index contributed by atoms with van der Waals surface area (Å²) in [4.78, 5) is 46.6. The second-order valence-corrected chi connectivity index (χ2v) is 10.1. The Bertz CT molecular complexity index is 1210. The van der Waals surface area contributed by atoms with E-state index in [0.29, 0.717) is 64.6 Å². The van der Waals surface area contributed by atoms with Crippen LogP contribution >= 0.6 is 0 Å². The summed E-state index contributed by atoms with van der Waals surface area (Å²) in [6.07, 6.45) is 1.14. The number of hydrogen-bond donors (Lipinski definition) is 1. The summed E-state index contributed by atoms with van der Waals surface area (Å²) in [5.41, 5.74) is 1.52. The van der Waals surface area contributed by atoms with Gasteiger partial charge < -0.3 is 24.6 Å². The van der Waals surface area contributed by atoms with Gasteiger partial charge in [-0.15, -0.1) is 0 Å². The molecule has 4 aliphatic rings. The molecule has 2 aromatic carbocycles. The zero-order valence-corrected chi connectivity index (χ0v) is 20.9. The lowest BCUT2D eigenvalue weighted by Crippen LogP contribution is -2.49. The van der Waals surface area contributed by atoms with Gasteiger partial charge in [-0.3, -0.25) is 19.3 Å². The second kappa shape index (κ2) is 9.79. The van der Waals surface area contributed by atoms with E-state index in [1.54, 1.807) is 4.90 Å². The number of fused-ring (bicyclic) bond motifs is 6. The Hall–Kier alpha value is -3.43. The van der Waals surface area contributed by atoms with Crippen molar-refractivity contribution in [2.45, 2.75) is 24.3 Å². The summed E-state index contributed by atoms with van der Waals surface area (Å²) < 4.78 is 11.5. The van der Waals surface area contributed by atoms with E-state index in [2.05, 4.69) is 10.2 Å². The molecule has 194 valence electrons. The number of nitrogens with one attached hydrogen (secondary N) is 1. The Balaban J connectivity index is 1.46. The second-order valence-electron chi connectivity index (χ2n) is 10.1. The van der Waals surface area contributed by atoms with E-state index >= 15 is 0 Å². The Labute approximate surface area is 216 Å². The van der Waals surface area contributed by atoms with Crippen molar-refractivity contribution in [3.05, 3.63) is 59.7 Å². The summed E-state index contributed by atoms with van der Waals surface area (Å²) in [5, 5.41) is 2.91. The largest absolute Gasteiger partial charge is 0.494 e. The number of rotatable bonds is 2. The summed E-state index contributed by atoms with van der Waals surface area (Å²) in [7, 11) is 0. The number of amides is 3. The molecular weight excluding hydrogens is 472 g/mol. The highest BCUT2D eigenvalue weighted by atomic mass is 16.5. The number of hydrogen-bond acceptors (Lipinski definition) is 6. The molecule has 4 bridgehead atoms. The SMILES string of the molecule is O=C1CN2C(=O)[C@]3(CCN(C(=O)CN4CCOCC4)[C@H]3c3cccc(c3)OCCCN1)c1ccccc12. The summed E-state index contributed by atoms with van der Waals surface area (Å²) >= 11 is 0. The fraction of sp³-hybridized carbons (Fsp3) is 0.464. The number of ether oxygens (including phenoxy) is 2. The molecule has 37 heavy (non-hydrogen) atoms. The van der Waals surface area contributed by atoms with Crippen LogP contribution in [0.1, 0.15) is 30.0 Å². The van der Waals surface area contributed by atoms with Crippen molar-refractivity contribution in [3.63, 3.8) is 0 Å². The van der Waals surface area contributed by atoms with Crippen LogP contribution < -0.4 is 15.0 Å². The quantitative estimate of drug-likeness (QED) is 0.666. The molecular formula is C28H32N4O5. The highest BCUT2D eigenvalue weighted by Crippen LogP contribution is 2.56. The van der Waals surface area contributed by atoms with Gasteiger partial charge >= 0.3 is 0 Å². The number of nitrogens with zero attached hydrogens (tertiary/aromatic N) is 3. The molecule has 6 rings (SSSR count). The minimum atomic E-state index is -0.972. The van der Waals surface area contributed by atoms with Crippen LogP contribution in [0.5, 0.6) is 5.75 Å². The summed E-state index contributed by atoms with van der Waals surface area (Å²) in [5.74, 6) is 0.362. The average molecular weight is 505 g/mol. The minimum absolute atomic E-state index is 0.00214. The molecule has 9 heteroatoms. The standard InChI is InChI=1S/C28H32N4O5/c33-24-18-32-23-8-2-1-7-22(23)28(27(32)35)9-11-31(25(34)19-30-12-15-36-16-13-30)26(28)20-5-3-6-21(17-20)37-14-4-10-29-24/h1-3,5-8,17,26H,4,9-16,18-19H2,(H,29,33)/t26-,28+/m0/s1. The fourth-order valence-electron chi connectivity index (χ4n) is 6.28. The van der Waals surface area contributed by atoms with Gasteiger partial charge in [0.2, 0.25) is 17.7 Å². The van der Waals surface area contributed by atoms with Gasteiger partial charge in [0, 0.05) is 31.9 Å². The predicted octanol–water partition coefficient (Wildman–Crippen LogP) is 1.48. The van der Waals surface area contributed by atoms with E-state index in [-0.39, 0.29) is 30.8 Å². The van der Waals surface area contributed by atoms with Gasteiger partial charge in [-0.2, -0.15) is 0 Å². The molecule has 9 nitrogen and oxygen atoms in total. The molecule has 1 N–H and O–H groups in total. The molecule has 4 aliphatic heterocycles. The van der Waals surface area contributed by atoms with Gasteiger partial charge in [-0.25, -0.2) is 0 Å². The van der Waals surface area contributed by atoms with Crippen LogP contribution in [-0.2, 0) is 24.5 Å². The molecule has 4 heterocycles. The Morgan fingerprint density at radius 2 is 1.86 bits per heavy atom. The van der Waals surface area contributed by atoms with Crippen LogP contribution in [0, 0.1) is 0 Å². The Morgan fingerprint density at radius 1 is 1.03 bits per heavy atom. The first kappa shape index (κ1) is 23.9. The van der Waals surface area contributed by atoms with E-state index in [4.69, 9.17) is 9.47 Å². The van der Waals surface area contributed by atoms with Crippen molar-refractivity contribution in [2.24, 2.45) is 0 Å². The highest BCUT2D eigenvalue weighted by molar-refractivity contribution is 6.12. The number of benzene rings is 2. The van der Waals surface area contributed by atoms with Gasteiger partial charge in [0.15, 0.2) is 0 Å². The molecule has 0 aliphatic carbocycles. The van der Waals surface area contributed by atoms with Crippen LogP contribution in [0.3, 0.4) is 0 Å². The first-order chi connectivity index (χ1) is 18.1. The highest BCUT2D eigenvalue weighted by Gasteiger charge is 2.61. The molecule has 2 fully saturated rings. The first-order valence-electron chi connectivity index (χ1n) is 13.1.